The average molecular weight is 356 g/mol. The molecule has 0 atom stereocenters. The Labute approximate surface area is 157 Å². The monoisotopic (exact) mass is 356 g/mol. The zero-order chi connectivity index (χ0) is 18.1. The number of aromatic amines is 1. The Bertz CT molecular complexity index is 1070. The molecule has 4 aromatic rings. The first-order chi connectivity index (χ1) is 13.3. The van der Waals surface area contributed by atoms with Crippen molar-refractivity contribution >= 4 is 28.2 Å². The van der Waals surface area contributed by atoms with E-state index in [2.05, 4.69) is 37.9 Å². The van der Waals surface area contributed by atoms with Crippen LogP contribution in [0.15, 0.2) is 60.9 Å². The third-order valence-electron chi connectivity index (χ3n) is 4.79. The fourth-order valence-corrected chi connectivity index (χ4v) is 3.21. The van der Waals surface area contributed by atoms with E-state index in [0.717, 1.165) is 33.8 Å². The van der Waals surface area contributed by atoms with E-state index in [4.69, 9.17) is 4.98 Å². The fourth-order valence-electron chi connectivity index (χ4n) is 3.21. The highest BCUT2D eigenvalue weighted by Crippen LogP contribution is 2.40. The highest BCUT2D eigenvalue weighted by molar-refractivity contribution is 5.94. The molecular formula is C21H20N6. The van der Waals surface area contributed by atoms with Gasteiger partial charge in [-0.25, -0.2) is 4.98 Å². The molecule has 1 aliphatic carbocycles. The van der Waals surface area contributed by atoms with Crippen molar-refractivity contribution in [3.63, 3.8) is 0 Å². The van der Waals surface area contributed by atoms with Gasteiger partial charge >= 0.3 is 0 Å². The second-order valence-electron chi connectivity index (χ2n) is 6.89. The predicted octanol–water partition coefficient (Wildman–Crippen LogP) is 4.59. The lowest BCUT2D eigenvalue weighted by atomic mass is 10.1. The van der Waals surface area contributed by atoms with Gasteiger partial charge in [-0.2, -0.15) is 5.10 Å². The van der Waals surface area contributed by atoms with Crippen LogP contribution in [0.25, 0.3) is 10.9 Å². The Morgan fingerprint density at radius 1 is 1.04 bits per heavy atom. The minimum Gasteiger partial charge on any atom is -0.366 e. The highest BCUT2D eigenvalue weighted by Gasteiger charge is 2.25. The van der Waals surface area contributed by atoms with Gasteiger partial charge in [0.1, 0.15) is 5.82 Å². The van der Waals surface area contributed by atoms with Crippen molar-refractivity contribution in [1.82, 2.24) is 20.2 Å². The topological polar surface area (TPSA) is 78.5 Å². The van der Waals surface area contributed by atoms with Gasteiger partial charge in [-0.15, -0.1) is 0 Å². The molecule has 3 N–H and O–H groups in total. The van der Waals surface area contributed by atoms with E-state index in [1.54, 1.807) is 6.20 Å². The van der Waals surface area contributed by atoms with Gasteiger partial charge in [0.25, 0.3) is 0 Å². The molecular weight excluding hydrogens is 336 g/mol. The minimum atomic E-state index is 0.652. The standard InChI is InChI=1S/C21H20N6/c1-2-6-17-16(5-1)19(25-21-10-18(26-27-21)15-7-8-15)11-20(24-17)23-13-14-4-3-9-22-12-14/h1-6,9-12,15H,7-8,13H2,(H3,23,24,25,26,27). The summed E-state index contributed by atoms with van der Waals surface area (Å²) in [6.07, 6.45) is 6.14. The number of fused-ring (bicyclic) bond motifs is 1. The number of hydrogen-bond donors (Lipinski definition) is 3. The van der Waals surface area contributed by atoms with Crippen LogP contribution < -0.4 is 10.6 Å². The number of nitrogens with one attached hydrogen (secondary N) is 3. The molecule has 1 saturated carbocycles. The number of hydrogen-bond acceptors (Lipinski definition) is 5. The Balaban J connectivity index is 1.44. The number of pyridine rings is 2. The van der Waals surface area contributed by atoms with Crippen molar-refractivity contribution in [2.75, 3.05) is 10.6 Å². The van der Waals surface area contributed by atoms with Gasteiger partial charge in [-0.05, 0) is 30.5 Å². The molecule has 3 aromatic heterocycles. The van der Waals surface area contributed by atoms with Gasteiger partial charge in [0.2, 0.25) is 0 Å². The van der Waals surface area contributed by atoms with Crippen molar-refractivity contribution < 1.29 is 0 Å². The zero-order valence-corrected chi connectivity index (χ0v) is 14.8. The molecule has 0 aliphatic heterocycles. The van der Waals surface area contributed by atoms with E-state index >= 15 is 0 Å². The Morgan fingerprint density at radius 2 is 1.96 bits per heavy atom. The van der Waals surface area contributed by atoms with E-state index in [9.17, 15) is 0 Å². The van der Waals surface area contributed by atoms with Crippen molar-refractivity contribution in [2.24, 2.45) is 0 Å². The summed E-state index contributed by atoms with van der Waals surface area (Å²) in [6, 6.07) is 16.2. The second-order valence-corrected chi connectivity index (χ2v) is 6.89. The van der Waals surface area contributed by atoms with Gasteiger partial charge < -0.3 is 10.6 Å². The van der Waals surface area contributed by atoms with Gasteiger partial charge in [-0.1, -0.05) is 24.3 Å². The van der Waals surface area contributed by atoms with Crippen LogP contribution in [0.4, 0.5) is 17.3 Å². The maximum Gasteiger partial charge on any atom is 0.152 e. The first kappa shape index (κ1) is 15.8. The van der Waals surface area contributed by atoms with E-state index in [-0.39, 0.29) is 0 Å². The van der Waals surface area contributed by atoms with Gasteiger partial charge in [0.15, 0.2) is 5.82 Å². The van der Waals surface area contributed by atoms with Gasteiger partial charge in [0.05, 0.1) is 11.2 Å². The Kier molecular flexibility index (Phi) is 3.93. The molecule has 0 unspecified atom stereocenters. The Hall–Kier alpha value is -3.41. The lowest BCUT2D eigenvalue weighted by Crippen LogP contribution is -2.03. The van der Waals surface area contributed by atoms with Crippen molar-refractivity contribution in [2.45, 2.75) is 25.3 Å². The molecule has 0 amide bonds. The number of nitrogens with zero attached hydrogens (tertiary/aromatic N) is 3. The third kappa shape index (κ3) is 3.46. The Morgan fingerprint density at radius 3 is 2.81 bits per heavy atom. The molecule has 1 aliphatic rings. The first-order valence-electron chi connectivity index (χ1n) is 9.20. The number of aromatic nitrogens is 4. The maximum absolute atomic E-state index is 4.74. The van der Waals surface area contributed by atoms with Crippen LogP contribution in [-0.2, 0) is 6.54 Å². The molecule has 0 radical (unpaired) electrons. The molecule has 1 aromatic carbocycles. The predicted molar refractivity (Wildman–Crippen MR) is 107 cm³/mol. The molecule has 5 rings (SSSR count). The smallest absolute Gasteiger partial charge is 0.152 e. The molecule has 6 heteroatoms. The lowest BCUT2D eigenvalue weighted by molar-refractivity contribution is 0.967. The first-order valence-corrected chi connectivity index (χ1v) is 9.20. The van der Waals surface area contributed by atoms with Crippen LogP contribution in [-0.4, -0.2) is 20.2 Å². The summed E-state index contributed by atoms with van der Waals surface area (Å²) < 4.78 is 0. The normalized spacial score (nSPS) is 13.6. The number of benzene rings is 1. The summed E-state index contributed by atoms with van der Waals surface area (Å²) in [5, 5.41) is 15.5. The van der Waals surface area contributed by atoms with Gasteiger partial charge in [0, 0.05) is 48.1 Å². The zero-order valence-electron chi connectivity index (χ0n) is 14.8. The van der Waals surface area contributed by atoms with Crippen LogP contribution in [0.3, 0.4) is 0 Å². The van der Waals surface area contributed by atoms with Crippen LogP contribution in [0.2, 0.25) is 0 Å². The fraction of sp³-hybridized carbons (Fsp3) is 0.190. The summed E-state index contributed by atoms with van der Waals surface area (Å²) >= 11 is 0. The average Bonchev–Trinajstić information content (AvgIpc) is 3.46. The molecule has 6 nitrogen and oxygen atoms in total. The molecule has 134 valence electrons. The SMILES string of the molecule is c1cncc(CNc2cc(Nc3cc(C4CC4)[nH]n3)c3ccccc3n2)c1. The van der Waals surface area contributed by atoms with Crippen LogP contribution in [0.5, 0.6) is 0 Å². The van der Waals surface area contributed by atoms with E-state index in [1.807, 2.05) is 42.6 Å². The minimum absolute atomic E-state index is 0.652. The molecule has 1 fully saturated rings. The van der Waals surface area contributed by atoms with E-state index in [0.29, 0.717) is 12.5 Å². The lowest BCUT2D eigenvalue weighted by Gasteiger charge is -2.12. The third-order valence-corrected chi connectivity index (χ3v) is 4.79. The number of H-pyrrole nitrogens is 1. The second kappa shape index (κ2) is 6.72. The molecule has 0 saturated heterocycles. The molecule has 0 bridgehead atoms. The van der Waals surface area contributed by atoms with Crippen molar-refractivity contribution in [3.05, 3.63) is 72.2 Å². The maximum atomic E-state index is 4.74. The summed E-state index contributed by atoms with van der Waals surface area (Å²) in [5.74, 6) is 2.31. The quantitative estimate of drug-likeness (QED) is 0.471. The number of rotatable bonds is 6. The number of anilines is 3. The van der Waals surface area contributed by atoms with Gasteiger partial charge in [-0.3, -0.25) is 10.1 Å². The largest absolute Gasteiger partial charge is 0.366 e. The summed E-state index contributed by atoms with van der Waals surface area (Å²) in [6.45, 7) is 0.673. The molecule has 0 spiro atoms. The number of para-hydroxylation sites is 1. The van der Waals surface area contributed by atoms with Crippen LogP contribution in [0.1, 0.15) is 30.0 Å². The molecule has 3 heterocycles. The summed E-state index contributed by atoms with van der Waals surface area (Å²) in [5.41, 5.74) is 4.26. The van der Waals surface area contributed by atoms with Crippen LogP contribution >= 0.6 is 0 Å². The summed E-state index contributed by atoms with van der Waals surface area (Å²) in [7, 11) is 0. The van der Waals surface area contributed by atoms with E-state index in [1.165, 1.54) is 18.5 Å². The van der Waals surface area contributed by atoms with Crippen molar-refractivity contribution in [3.8, 4) is 0 Å². The summed E-state index contributed by atoms with van der Waals surface area (Å²) in [4.78, 5) is 8.89. The van der Waals surface area contributed by atoms with Crippen molar-refractivity contribution in [1.29, 1.82) is 0 Å². The molecule has 27 heavy (non-hydrogen) atoms. The highest BCUT2D eigenvalue weighted by atomic mass is 15.2. The van der Waals surface area contributed by atoms with Crippen LogP contribution in [0, 0.1) is 0 Å². The van der Waals surface area contributed by atoms with E-state index < -0.39 is 0 Å².